The van der Waals surface area contributed by atoms with Crippen LogP contribution in [0.15, 0.2) is 24.3 Å². The third-order valence-corrected chi connectivity index (χ3v) is 9.59. The summed E-state index contributed by atoms with van der Waals surface area (Å²) < 4.78 is 66.7. The average Bonchev–Trinajstić information content (AvgIpc) is 3.67. The summed E-state index contributed by atoms with van der Waals surface area (Å²) >= 11 is 0. The van der Waals surface area contributed by atoms with E-state index in [1.165, 1.54) is 18.2 Å². The first-order chi connectivity index (χ1) is 14.6. The average molecular weight is 457 g/mol. The highest BCUT2D eigenvalue weighted by atomic mass is 32.2. The summed E-state index contributed by atoms with van der Waals surface area (Å²) in [5, 5.41) is 2.76. The molecule has 5 nitrogen and oxygen atoms in total. The van der Waals surface area contributed by atoms with Crippen LogP contribution in [-0.4, -0.2) is 44.0 Å². The molecule has 1 saturated heterocycles. The molecule has 1 aromatic rings. The van der Waals surface area contributed by atoms with Crippen LogP contribution < -0.4 is 5.32 Å². The molecule has 1 aromatic carbocycles. The van der Waals surface area contributed by atoms with E-state index < -0.39 is 27.7 Å². The number of hydrogen-bond acceptors (Lipinski definition) is 3. The second-order valence-electron chi connectivity index (χ2n) is 9.86. The number of sulfonamides is 1. The highest BCUT2D eigenvalue weighted by Gasteiger charge is 2.69. The quantitative estimate of drug-likeness (QED) is 0.651. The number of alkyl halides is 3. The number of nitrogens with zero attached hydrogens (tertiary/aromatic N) is 1. The van der Waals surface area contributed by atoms with Gasteiger partial charge >= 0.3 is 6.18 Å². The lowest BCUT2D eigenvalue weighted by Gasteiger charge is -2.27. The van der Waals surface area contributed by atoms with E-state index in [4.69, 9.17) is 0 Å². The van der Waals surface area contributed by atoms with E-state index in [9.17, 15) is 26.4 Å². The minimum atomic E-state index is -4.59. The van der Waals surface area contributed by atoms with Crippen molar-refractivity contribution in [2.45, 2.75) is 38.3 Å². The maximum absolute atomic E-state index is 13.3. The van der Waals surface area contributed by atoms with Gasteiger partial charge in [0, 0.05) is 19.6 Å². The van der Waals surface area contributed by atoms with E-state index in [0.29, 0.717) is 31.5 Å². The number of halogens is 3. The van der Waals surface area contributed by atoms with E-state index in [0.717, 1.165) is 38.2 Å². The third kappa shape index (κ3) is 4.11. The number of hydrogen-bond donors (Lipinski definition) is 1. The topological polar surface area (TPSA) is 66.5 Å². The van der Waals surface area contributed by atoms with Crippen molar-refractivity contribution >= 4 is 15.9 Å². The summed E-state index contributed by atoms with van der Waals surface area (Å²) in [6.07, 6.45) is 0.561. The molecule has 0 bridgehead atoms. The molecule has 1 aliphatic heterocycles. The summed E-state index contributed by atoms with van der Waals surface area (Å²) in [6, 6.07) is 4.82. The molecular formula is C22H27F3N2O3S. The van der Waals surface area contributed by atoms with Crippen molar-refractivity contribution < 1.29 is 26.4 Å². The molecule has 1 amide bonds. The zero-order valence-corrected chi connectivity index (χ0v) is 18.0. The molecule has 0 radical (unpaired) electrons. The Kier molecular flexibility index (Phi) is 4.93. The summed E-state index contributed by atoms with van der Waals surface area (Å²) in [4.78, 5) is 12.6. The first-order valence-corrected chi connectivity index (χ1v) is 12.6. The molecule has 9 heteroatoms. The predicted molar refractivity (Wildman–Crippen MR) is 109 cm³/mol. The Bertz CT molecular complexity index is 974. The number of fused-ring (bicyclic) bond motifs is 1. The van der Waals surface area contributed by atoms with Gasteiger partial charge in [-0.1, -0.05) is 25.0 Å². The first kappa shape index (κ1) is 21.2. The Morgan fingerprint density at radius 3 is 2.26 bits per heavy atom. The van der Waals surface area contributed by atoms with Crippen molar-refractivity contribution in [1.82, 2.24) is 9.62 Å². The predicted octanol–water partition coefficient (Wildman–Crippen LogP) is 3.52. The van der Waals surface area contributed by atoms with Crippen molar-refractivity contribution in [3.05, 3.63) is 35.4 Å². The Morgan fingerprint density at radius 2 is 1.68 bits per heavy atom. The van der Waals surface area contributed by atoms with E-state index in [1.807, 2.05) is 0 Å². The van der Waals surface area contributed by atoms with E-state index in [-0.39, 0.29) is 28.6 Å². The largest absolute Gasteiger partial charge is 0.417 e. The SMILES string of the molecule is O=C(NCC1(CC2CC2)C2CN(S(=O)(=O)CC3CC3)CC21)c1ccccc1C(F)(F)F. The lowest BCUT2D eigenvalue weighted by molar-refractivity contribution is -0.137. The number of amides is 1. The number of nitrogens with one attached hydrogen (secondary N) is 1. The molecule has 31 heavy (non-hydrogen) atoms. The van der Waals surface area contributed by atoms with Gasteiger partial charge in [0.05, 0.1) is 16.9 Å². The second-order valence-corrected chi connectivity index (χ2v) is 11.9. The molecule has 0 aromatic heterocycles. The van der Waals surface area contributed by atoms with Crippen molar-refractivity contribution in [2.24, 2.45) is 29.1 Å². The fraction of sp³-hybridized carbons (Fsp3) is 0.682. The van der Waals surface area contributed by atoms with Gasteiger partial charge in [0.25, 0.3) is 5.91 Å². The monoisotopic (exact) mass is 456 g/mol. The summed E-state index contributed by atoms with van der Waals surface area (Å²) in [5.41, 5.74) is -1.48. The van der Waals surface area contributed by atoms with Crippen LogP contribution in [-0.2, 0) is 16.2 Å². The normalized spacial score (nSPS) is 30.8. The summed E-state index contributed by atoms with van der Waals surface area (Å²) in [6.45, 7) is 1.25. The van der Waals surface area contributed by atoms with E-state index >= 15 is 0 Å². The van der Waals surface area contributed by atoms with Crippen molar-refractivity contribution in [3.63, 3.8) is 0 Å². The molecule has 0 spiro atoms. The zero-order valence-electron chi connectivity index (χ0n) is 17.2. The highest BCUT2D eigenvalue weighted by Crippen LogP contribution is 2.67. The van der Waals surface area contributed by atoms with Gasteiger partial charge in [0.2, 0.25) is 10.0 Å². The van der Waals surface area contributed by atoms with E-state index in [2.05, 4.69) is 5.32 Å². The van der Waals surface area contributed by atoms with Gasteiger partial charge in [-0.15, -0.1) is 0 Å². The fourth-order valence-electron chi connectivity index (χ4n) is 5.48. The van der Waals surface area contributed by atoms with Crippen LogP contribution in [0.1, 0.15) is 48.0 Å². The van der Waals surface area contributed by atoms with Crippen LogP contribution in [0.4, 0.5) is 13.2 Å². The maximum Gasteiger partial charge on any atom is 0.417 e. The Labute approximate surface area is 180 Å². The van der Waals surface area contributed by atoms with Crippen molar-refractivity contribution in [3.8, 4) is 0 Å². The molecule has 170 valence electrons. The number of carbonyl (C=O) groups excluding carboxylic acids is 1. The minimum Gasteiger partial charge on any atom is -0.351 e. The molecule has 2 atom stereocenters. The molecule has 1 heterocycles. The van der Waals surface area contributed by atoms with Gasteiger partial charge in [0.1, 0.15) is 0 Å². The minimum absolute atomic E-state index is 0.181. The number of piperidine rings is 1. The van der Waals surface area contributed by atoms with Crippen LogP contribution in [0.5, 0.6) is 0 Å². The standard InChI is InChI=1S/C22H27F3N2O3S/c23-22(24,25)17-4-2-1-3-16(17)20(28)26-13-21(9-14-5-6-14)18-10-27(11-19(18)21)31(29,30)12-15-7-8-15/h1-4,14-15,18-19H,5-13H2,(H,26,28). The lowest BCUT2D eigenvalue weighted by atomic mass is 9.92. The molecule has 5 rings (SSSR count). The van der Waals surface area contributed by atoms with Gasteiger partial charge in [-0.3, -0.25) is 4.79 Å². The van der Waals surface area contributed by atoms with Gasteiger partial charge < -0.3 is 5.32 Å². The molecule has 1 N–H and O–H groups in total. The number of benzene rings is 1. The van der Waals surface area contributed by atoms with Crippen LogP contribution in [0.25, 0.3) is 0 Å². The molecule has 3 saturated carbocycles. The molecular weight excluding hydrogens is 429 g/mol. The van der Waals surface area contributed by atoms with Crippen LogP contribution >= 0.6 is 0 Å². The second kappa shape index (κ2) is 7.20. The fourth-order valence-corrected chi connectivity index (χ4v) is 7.40. The third-order valence-electron chi connectivity index (χ3n) is 7.61. The summed E-state index contributed by atoms with van der Waals surface area (Å²) in [5.74, 6) is 0.756. The Morgan fingerprint density at radius 1 is 1.06 bits per heavy atom. The van der Waals surface area contributed by atoms with Gasteiger partial charge in [-0.25, -0.2) is 12.7 Å². The maximum atomic E-state index is 13.3. The number of rotatable bonds is 8. The van der Waals surface area contributed by atoms with Gasteiger partial charge in [-0.2, -0.15) is 13.2 Å². The van der Waals surface area contributed by atoms with Gasteiger partial charge in [-0.05, 0) is 60.5 Å². The highest BCUT2D eigenvalue weighted by molar-refractivity contribution is 7.89. The van der Waals surface area contributed by atoms with Crippen LogP contribution in [0, 0.1) is 29.1 Å². The van der Waals surface area contributed by atoms with Crippen LogP contribution in [0.2, 0.25) is 0 Å². The zero-order chi connectivity index (χ0) is 22.0. The Balaban J connectivity index is 1.26. The van der Waals surface area contributed by atoms with Crippen molar-refractivity contribution in [2.75, 3.05) is 25.4 Å². The molecule has 2 unspecified atom stereocenters. The molecule has 4 fully saturated rings. The van der Waals surface area contributed by atoms with Crippen molar-refractivity contribution in [1.29, 1.82) is 0 Å². The Hall–Kier alpha value is -1.61. The lowest BCUT2D eigenvalue weighted by Crippen LogP contribution is -2.40. The van der Waals surface area contributed by atoms with Crippen LogP contribution in [0.3, 0.4) is 0 Å². The van der Waals surface area contributed by atoms with Gasteiger partial charge in [0.15, 0.2) is 0 Å². The molecule has 4 aliphatic rings. The smallest absolute Gasteiger partial charge is 0.351 e. The molecule has 3 aliphatic carbocycles. The van der Waals surface area contributed by atoms with E-state index in [1.54, 1.807) is 4.31 Å². The first-order valence-electron chi connectivity index (χ1n) is 11.0. The number of carbonyl (C=O) groups is 1. The summed E-state index contributed by atoms with van der Waals surface area (Å²) in [7, 11) is -3.24.